The molecular weight excluding hydrogens is 146 g/mol. The summed E-state index contributed by atoms with van der Waals surface area (Å²) in [6, 6.07) is 0. The second-order valence-electron chi connectivity index (χ2n) is 0.569. The Bertz CT molecular complexity index is 47.1. The van der Waals surface area contributed by atoms with E-state index in [0.29, 0.717) is 12.6 Å². The van der Waals surface area contributed by atoms with Gasteiger partial charge in [-0.15, -0.1) is 0 Å². The molecule has 0 aliphatic heterocycles. The number of hydrogen-bond donors (Lipinski definition) is 0. The fourth-order valence-corrected chi connectivity index (χ4v) is 0.0393. The third-order valence-corrected chi connectivity index (χ3v) is 0.192. The van der Waals surface area contributed by atoms with Gasteiger partial charge in [-0.1, -0.05) is 0 Å². The summed E-state index contributed by atoms with van der Waals surface area (Å²) in [6.07, 6.45) is 1.15. The SMILES string of the molecule is O=CCC=O.[H-].[H-].[K+].[K+]. The predicted molar refractivity (Wildman–Crippen MR) is 19.0 cm³/mol. The number of rotatable bonds is 2. The van der Waals surface area contributed by atoms with Gasteiger partial charge in [0.05, 0.1) is 6.42 Å². The van der Waals surface area contributed by atoms with E-state index in [4.69, 9.17) is 0 Å². The van der Waals surface area contributed by atoms with Gasteiger partial charge in [0, 0.05) is 0 Å². The van der Waals surface area contributed by atoms with Gasteiger partial charge in [0.25, 0.3) is 0 Å². The Morgan fingerprint density at radius 3 is 1.43 bits per heavy atom. The van der Waals surface area contributed by atoms with Crippen LogP contribution in [0, 0.1) is 0 Å². The van der Waals surface area contributed by atoms with Crippen LogP contribution in [0.1, 0.15) is 9.27 Å². The van der Waals surface area contributed by atoms with Gasteiger partial charge >= 0.3 is 103 Å². The van der Waals surface area contributed by atoms with Gasteiger partial charge in [0.1, 0.15) is 12.6 Å². The van der Waals surface area contributed by atoms with E-state index in [-0.39, 0.29) is 112 Å². The van der Waals surface area contributed by atoms with Crippen LogP contribution >= 0.6 is 0 Å². The van der Waals surface area contributed by atoms with Crippen LogP contribution in [0.25, 0.3) is 0 Å². The summed E-state index contributed by atoms with van der Waals surface area (Å²) in [5, 5.41) is 0. The summed E-state index contributed by atoms with van der Waals surface area (Å²) in [6.45, 7) is 0. The topological polar surface area (TPSA) is 34.1 Å². The van der Waals surface area contributed by atoms with E-state index in [1.165, 1.54) is 0 Å². The van der Waals surface area contributed by atoms with Gasteiger partial charge in [-0.2, -0.15) is 0 Å². The maximum atomic E-state index is 9.17. The molecule has 2 nitrogen and oxygen atoms in total. The van der Waals surface area contributed by atoms with Crippen molar-refractivity contribution in [2.75, 3.05) is 0 Å². The fraction of sp³-hybridized carbons (Fsp3) is 0.333. The van der Waals surface area contributed by atoms with Gasteiger partial charge in [-0.3, -0.25) is 0 Å². The Morgan fingerprint density at radius 2 is 1.43 bits per heavy atom. The first kappa shape index (κ1) is 16.3. The van der Waals surface area contributed by atoms with Crippen LogP contribution in [0.4, 0.5) is 0 Å². The number of carbonyl (C=O) groups is 2. The summed E-state index contributed by atoms with van der Waals surface area (Å²) in [7, 11) is 0. The smallest absolute Gasteiger partial charge is 1.00 e. The molecule has 32 valence electrons. The van der Waals surface area contributed by atoms with Crippen LogP contribution in [0.2, 0.25) is 0 Å². The molecule has 0 bridgehead atoms. The van der Waals surface area contributed by atoms with Crippen LogP contribution in [0.15, 0.2) is 0 Å². The van der Waals surface area contributed by atoms with Gasteiger partial charge in [0.15, 0.2) is 0 Å². The Balaban J connectivity index is -0.0000000133. The molecule has 0 radical (unpaired) electrons. The van der Waals surface area contributed by atoms with Crippen LogP contribution in [-0.2, 0) is 9.59 Å². The fourth-order valence-electron chi connectivity index (χ4n) is 0.0393. The van der Waals surface area contributed by atoms with Crippen molar-refractivity contribution in [1.82, 2.24) is 0 Å². The molecule has 0 aliphatic rings. The van der Waals surface area contributed by atoms with Crippen molar-refractivity contribution in [3.63, 3.8) is 0 Å². The van der Waals surface area contributed by atoms with Crippen molar-refractivity contribution >= 4 is 12.6 Å². The Kier molecular flexibility index (Phi) is 36.9. The molecule has 0 aliphatic carbocycles. The molecule has 4 heteroatoms. The normalized spacial score (nSPS) is 4.57. The zero-order chi connectivity index (χ0) is 4.12. The zero-order valence-electron chi connectivity index (χ0n) is 6.68. The van der Waals surface area contributed by atoms with E-state index in [1.807, 2.05) is 0 Å². The Labute approximate surface area is 131 Å². The Morgan fingerprint density at radius 1 is 1.14 bits per heavy atom. The molecule has 0 saturated heterocycles. The predicted octanol–water partition coefficient (Wildman–Crippen LogP) is -5.99. The van der Waals surface area contributed by atoms with Gasteiger partial charge in [-0.25, -0.2) is 0 Å². The molecule has 0 N–H and O–H groups in total. The average Bonchev–Trinajstić information content (AvgIpc) is 1.41. The number of aldehydes is 2. The van der Waals surface area contributed by atoms with Gasteiger partial charge in [-0.05, 0) is 0 Å². The van der Waals surface area contributed by atoms with Crippen molar-refractivity contribution in [2.45, 2.75) is 6.42 Å². The van der Waals surface area contributed by atoms with Crippen LogP contribution in [0.5, 0.6) is 0 Å². The summed E-state index contributed by atoms with van der Waals surface area (Å²) >= 11 is 0. The first-order valence-corrected chi connectivity index (χ1v) is 1.29. The van der Waals surface area contributed by atoms with Gasteiger partial charge in [0.2, 0.25) is 0 Å². The van der Waals surface area contributed by atoms with E-state index >= 15 is 0 Å². The minimum atomic E-state index is 0. The van der Waals surface area contributed by atoms with Gasteiger partial charge < -0.3 is 12.4 Å². The first-order valence-electron chi connectivity index (χ1n) is 1.29. The summed E-state index contributed by atoms with van der Waals surface area (Å²) in [5.74, 6) is 0. The maximum Gasteiger partial charge on any atom is 1.00 e. The second-order valence-corrected chi connectivity index (χ2v) is 0.569. The van der Waals surface area contributed by atoms with Crippen molar-refractivity contribution in [3.05, 3.63) is 0 Å². The molecule has 0 aromatic heterocycles. The van der Waals surface area contributed by atoms with Crippen LogP contribution in [0.3, 0.4) is 0 Å². The molecule has 0 spiro atoms. The zero-order valence-corrected chi connectivity index (χ0v) is 10.9. The second kappa shape index (κ2) is 15.8. The monoisotopic (exact) mass is 152 g/mol. The molecule has 0 atom stereocenters. The van der Waals surface area contributed by atoms with E-state index < -0.39 is 0 Å². The minimum absolute atomic E-state index is 0. The minimum Gasteiger partial charge on any atom is -1.00 e. The third kappa shape index (κ3) is 17.7. The van der Waals surface area contributed by atoms with E-state index in [9.17, 15) is 9.59 Å². The maximum absolute atomic E-state index is 9.17. The first-order chi connectivity index (χ1) is 2.41. The molecule has 7 heavy (non-hydrogen) atoms. The molecule has 0 saturated carbocycles. The van der Waals surface area contributed by atoms with Crippen molar-refractivity contribution in [2.24, 2.45) is 0 Å². The summed E-state index contributed by atoms with van der Waals surface area (Å²) in [4.78, 5) is 18.3. The molecule has 0 rings (SSSR count). The van der Waals surface area contributed by atoms with Crippen molar-refractivity contribution in [1.29, 1.82) is 0 Å². The summed E-state index contributed by atoms with van der Waals surface area (Å²) in [5.41, 5.74) is 0. The van der Waals surface area contributed by atoms with E-state index in [1.54, 1.807) is 0 Å². The molecule has 0 unspecified atom stereocenters. The molecule has 0 heterocycles. The molecular formula is C3H6K2O2. The molecule has 0 aromatic rings. The number of hydrogen-bond acceptors (Lipinski definition) is 2. The molecule has 0 amide bonds. The third-order valence-electron chi connectivity index (χ3n) is 0.192. The van der Waals surface area contributed by atoms with Crippen molar-refractivity contribution in [3.8, 4) is 0 Å². The largest absolute Gasteiger partial charge is 1.00 e. The van der Waals surface area contributed by atoms with Crippen molar-refractivity contribution < 1.29 is 115 Å². The quantitative estimate of drug-likeness (QED) is 0.224. The Hall–Kier alpha value is 2.61. The summed E-state index contributed by atoms with van der Waals surface area (Å²) < 4.78 is 0. The van der Waals surface area contributed by atoms with E-state index in [2.05, 4.69) is 0 Å². The van der Waals surface area contributed by atoms with Crippen LogP contribution < -0.4 is 103 Å². The average molecular weight is 152 g/mol. The number of carbonyl (C=O) groups excluding carboxylic acids is 2. The molecule has 0 fully saturated rings. The van der Waals surface area contributed by atoms with E-state index in [0.717, 1.165) is 0 Å². The standard InChI is InChI=1S/C3H4O2.2K.2H/c4-2-1-3-5;;;;/h2-3H,1H2;;;;/q;2*+1;2*-1. The molecule has 0 aromatic carbocycles. The van der Waals surface area contributed by atoms with Crippen LogP contribution in [-0.4, -0.2) is 12.6 Å².